The van der Waals surface area contributed by atoms with Gasteiger partial charge in [-0.25, -0.2) is 4.98 Å². The Morgan fingerprint density at radius 3 is 2.81 bits per heavy atom. The fraction of sp³-hybridized carbons (Fsp3) is 0.438. The summed E-state index contributed by atoms with van der Waals surface area (Å²) in [6.45, 7) is 6.71. The number of aryl methyl sites for hydroxylation is 1. The summed E-state index contributed by atoms with van der Waals surface area (Å²) >= 11 is 5.94. The Bertz CT molecular complexity index is 581. The van der Waals surface area contributed by atoms with Crippen molar-refractivity contribution in [2.45, 2.75) is 19.6 Å². The number of hydrogen-bond acceptors (Lipinski definition) is 3. The maximum absolute atomic E-state index is 5.94. The lowest BCUT2D eigenvalue weighted by Gasteiger charge is -2.33. The van der Waals surface area contributed by atoms with Gasteiger partial charge in [0.15, 0.2) is 0 Å². The Morgan fingerprint density at radius 2 is 2.10 bits per heavy atom. The summed E-state index contributed by atoms with van der Waals surface area (Å²) < 4.78 is 8.08. The maximum atomic E-state index is 5.94. The zero-order chi connectivity index (χ0) is 14.7. The first-order valence-electron chi connectivity index (χ1n) is 7.29. The number of aromatic nitrogens is 2. The van der Waals surface area contributed by atoms with E-state index >= 15 is 0 Å². The van der Waals surface area contributed by atoms with E-state index in [1.165, 1.54) is 5.56 Å². The molecule has 0 saturated carbocycles. The summed E-state index contributed by atoms with van der Waals surface area (Å²) in [5.74, 6) is 1.07. The van der Waals surface area contributed by atoms with Crippen molar-refractivity contribution in [1.82, 2.24) is 14.5 Å². The zero-order valence-electron chi connectivity index (χ0n) is 12.2. The second kappa shape index (κ2) is 6.60. The molecule has 1 fully saturated rings. The average Bonchev–Trinajstić information content (AvgIpc) is 2.91. The van der Waals surface area contributed by atoms with Crippen LogP contribution in [0.1, 0.15) is 17.5 Å². The Morgan fingerprint density at radius 1 is 1.29 bits per heavy atom. The number of ether oxygens (including phenoxy) is 1. The van der Waals surface area contributed by atoms with Gasteiger partial charge in [0.25, 0.3) is 0 Å². The van der Waals surface area contributed by atoms with Crippen LogP contribution in [-0.2, 0) is 11.3 Å². The first kappa shape index (κ1) is 14.6. The van der Waals surface area contributed by atoms with Crippen molar-refractivity contribution in [3.63, 3.8) is 0 Å². The molecule has 1 aliphatic rings. The predicted molar refractivity (Wildman–Crippen MR) is 83.5 cm³/mol. The van der Waals surface area contributed by atoms with Crippen LogP contribution in [0, 0.1) is 6.92 Å². The van der Waals surface area contributed by atoms with E-state index in [0.717, 1.165) is 43.6 Å². The zero-order valence-corrected chi connectivity index (χ0v) is 13.0. The van der Waals surface area contributed by atoms with Crippen LogP contribution >= 0.6 is 11.6 Å². The molecule has 112 valence electrons. The van der Waals surface area contributed by atoms with E-state index in [4.69, 9.17) is 16.3 Å². The monoisotopic (exact) mass is 305 g/mol. The lowest BCUT2D eigenvalue weighted by Crippen LogP contribution is -2.40. The first-order valence-corrected chi connectivity index (χ1v) is 7.67. The molecule has 21 heavy (non-hydrogen) atoms. The molecule has 5 heteroatoms. The molecule has 0 N–H and O–H groups in total. The Kier molecular flexibility index (Phi) is 4.58. The predicted octanol–water partition coefficient (Wildman–Crippen LogP) is 2.92. The molecule has 4 nitrogen and oxygen atoms in total. The van der Waals surface area contributed by atoms with Gasteiger partial charge in [0.05, 0.1) is 12.7 Å². The van der Waals surface area contributed by atoms with Crippen molar-refractivity contribution < 1.29 is 4.74 Å². The van der Waals surface area contributed by atoms with Crippen LogP contribution in [0.3, 0.4) is 0 Å². The van der Waals surface area contributed by atoms with E-state index in [0.29, 0.717) is 0 Å². The first-order chi connectivity index (χ1) is 10.2. The van der Waals surface area contributed by atoms with Crippen LogP contribution in [-0.4, -0.2) is 40.7 Å². The molecule has 0 spiro atoms. The summed E-state index contributed by atoms with van der Waals surface area (Å²) in [5.41, 5.74) is 1.20. The molecule has 1 aromatic carbocycles. The molecular weight excluding hydrogens is 286 g/mol. The molecule has 1 atom stereocenters. The fourth-order valence-corrected chi connectivity index (χ4v) is 2.80. The van der Waals surface area contributed by atoms with Crippen LogP contribution in [0.2, 0.25) is 5.02 Å². The fourth-order valence-electron chi connectivity index (χ4n) is 2.67. The van der Waals surface area contributed by atoms with E-state index in [-0.39, 0.29) is 6.10 Å². The third kappa shape index (κ3) is 3.64. The van der Waals surface area contributed by atoms with Gasteiger partial charge in [-0.15, -0.1) is 0 Å². The largest absolute Gasteiger partial charge is 0.371 e. The van der Waals surface area contributed by atoms with Crippen LogP contribution in [0.25, 0.3) is 0 Å². The van der Waals surface area contributed by atoms with E-state index in [2.05, 4.69) is 26.6 Å². The van der Waals surface area contributed by atoms with Crippen LogP contribution < -0.4 is 0 Å². The molecular formula is C16H20ClN3O. The highest BCUT2D eigenvalue weighted by molar-refractivity contribution is 6.30. The van der Waals surface area contributed by atoms with Gasteiger partial charge in [-0.05, 0) is 24.6 Å². The molecule has 1 aliphatic heterocycles. The molecule has 0 aliphatic carbocycles. The number of morpholine rings is 1. The Hall–Kier alpha value is -1.36. The maximum Gasteiger partial charge on any atom is 0.105 e. The third-order valence-electron chi connectivity index (χ3n) is 3.97. The van der Waals surface area contributed by atoms with Crippen molar-refractivity contribution in [3.8, 4) is 0 Å². The standard InChI is InChI=1S/C16H20ClN3O/c1-13-18-6-7-20(13)9-8-19-10-11-21-16(12-19)14-2-4-15(17)5-3-14/h2-7,16H,8-12H2,1H3/t16-/m1/s1. The lowest BCUT2D eigenvalue weighted by atomic mass is 10.1. The minimum atomic E-state index is 0.139. The average molecular weight is 306 g/mol. The number of nitrogens with zero attached hydrogens (tertiary/aromatic N) is 3. The van der Waals surface area contributed by atoms with Gasteiger partial charge < -0.3 is 9.30 Å². The summed E-state index contributed by atoms with van der Waals surface area (Å²) in [4.78, 5) is 6.71. The molecule has 3 rings (SSSR count). The van der Waals surface area contributed by atoms with Gasteiger partial charge >= 0.3 is 0 Å². The number of rotatable bonds is 4. The van der Waals surface area contributed by atoms with Gasteiger partial charge in [0.1, 0.15) is 5.82 Å². The van der Waals surface area contributed by atoms with Gasteiger partial charge in [-0.3, -0.25) is 4.90 Å². The van der Waals surface area contributed by atoms with Crippen molar-refractivity contribution in [2.24, 2.45) is 0 Å². The van der Waals surface area contributed by atoms with Gasteiger partial charge in [-0.1, -0.05) is 23.7 Å². The molecule has 2 heterocycles. The quantitative estimate of drug-likeness (QED) is 0.870. The van der Waals surface area contributed by atoms with Crippen LogP contribution in [0.5, 0.6) is 0 Å². The van der Waals surface area contributed by atoms with E-state index in [1.54, 1.807) is 0 Å². The minimum absolute atomic E-state index is 0.139. The number of benzene rings is 1. The summed E-state index contributed by atoms with van der Waals surface area (Å²) in [7, 11) is 0. The Balaban J connectivity index is 1.58. The highest BCUT2D eigenvalue weighted by Gasteiger charge is 2.21. The number of halogens is 1. The molecule has 0 unspecified atom stereocenters. The van der Waals surface area contributed by atoms with Crippen molar-refractivity contribution in [2.75, 3.05) is 26.2 Å². The van der Waals surface area contributed by atoms with E-state index < -0.39 is 0 Å². The summed E-state index contributed by atoms with van der Waals surface area (Å²) in [6, 6.07) is 7.95. The van der Waals surface area contributed by atoms with Crippen molar-refractivity contribution in [3.05, 3.63) is 53.1 Å². The molecule has 0 amide bonds. The number of imidazole rings is 1. The van der Waals surface area contributed by atoms with E-state index in [9.17, 15) is 0 Å². The molecule has 2 aromatic rings. The summed E-state index contributed by atoms with van der Waals surface area (Å²) in [5, 5.41) is 0.766. The summed E-state index contributed by atoms with van der Waals surface area (Å²) in [6.07, 6.45) is 4.03. The highest BCUT2D eigenvalue weighted by Crippen LogP contribution is 2.23. The number of hydrogen-bond donors (Lipinski definition) is 0. The van der Waals surface area contributed by atoms with Crippen molar-refractivity contribution in [1.29, 1.82) is 0 Å². The van der Waals surface area contributed by atoms with Crippen molar-refractivity contribution >= 4 is 11.6 Å². The highest BCUT2D eigenvalue weighted by atomic mass is 35.5. The van der Waals surface area contributed by atoms with E-state index in [1.807, 2.05) is 31.5 Å². The second-order valence-corrected chi connectivity index (χ2v) is 5.82. The molecule has 1 aromatic heterocycles. The molecule has 1 saturated heterocycles. The molecule has 0 radical (unpaired) electrons. The third-order valence-corrected chi connectivity index (χ3v) is 4.23. The van der Waals surface area contributed by atoms with Crippen LogP contribution in [0.15, 0.2) is 36.7 Å². The second-order valence-electron chi connectivity index (χ2n) is 5.38. The SMILES string of the molecule is Cc1nccn1CCN1CCO[C@@H](c2ccc(Cl)cc2)C1. The van der Waals surface area contributed by atoms with Gasteiger partial charge in [0.2, 0.25) is 0 Å². The smallest absolute Gasteiger partial charge is 0.105 e. The van der Waals surface area contributed by atoms with Gasteiger partial charge in [0, 0.05) is 43.6 Å². The Labute approximate surface area is 130 Å². The van der Waals surface area contributed by atoms with Gasteiger partial charge in [-0.2, -0.15) is 0 Å². The normalized spacial score (nSPS) is 19.8. The lowest BCUT2D eigenvalue weighted by molar-refractivity contribution is -0.0308. The topological polar surface area (TPSA) is 30.3 Å². The molecule has 0 bridgehead atoms. The minimum Gasteiger partial charge on any atom is -0.371 e. The van der Waals surface area contributed by atoms with Crippen LogP contribution in [0.4, 0.5) is 0 Å².